The number of imidazole rings is 3. The summed E-state index contributed by atoms with van der Waals surface area (Å²) in [4.78, 5) is 15.7. The Kier molecular flexibility index (Phi) is 37.7. The van der Waals surface area contributed by atoms with Crippen molar-refractivity contribution in [3.8, 4) is 66.8 Å². The van der Waals surface area contributed by atoms with E-state index in [1.165, 1.54) is 215 Å². The van der Waals surface area contributed by atoms with E-state index in [2.05, 4.69) is 304 Å². The second-order valence-electron chi connectivity index (χ2n) is 30.0. The number of fused-ring (bicyclic) bond motifs is 44. The van der Waals surface area contributed by atoms with E-state index in [0.717, 1.165) is 72.0 Å². The van der Waals surface area contributed by atoms with Gasteiger partial charge in [0.05, 0.1) is 49.7 Å². The highest BCUT2D eigenvalue weighted by Crippen LogP contribution is 2.52. The van der Waals surface area contributed by atoms with Crippen molar-refractivity contribution < 1.29 is 0 Å². The number of aromatic nitrogens is 6. The summed E-state index contributed by atoms with van der Waals surface area (Å²) in [6.07, 6.45) is 5.96. The van der Waals surface area contributed by atoms with Gasteiger partial charge in [0, 0.05) is 32.3 Å². The molecule has 0 N–H and O–H groups in total. The Bertz CT molecular complexity index is 7610. The molecule has 135 heavy (non-hydrogen) atoms. The van der Waals surface area contributed by atoms with E-state index in [1.807, 2.05) is 208 Å². The number of hydrogen-bond donors (Lipinski definition) is 0. The molecule has 0 aliphatic heterocycles. The van der Waals surface area contributed by atoms with Gasteiger partial charge in [-0.15, -0.1) is 0 Å². The van der Waals surface area contributed by atoms with E-state index in [-0.39, 0.29) is 0 Å². The van der Waals surface area contributed by atoms with Crippen LogP contribution in [0.2, 0.25) is 0 Å². The smallest absolute Gasteiger partial charge is 0.147 e. The fourth-order valence-electron chi connectivity index (χ4n) is 20.0. The van der Waals surface area contributed by atoms with Crippen molar-refractivity contribution in [2.75, 3.05) is 0 Å². The van der Waals surface area contributed by atoms with Gasteiger partial charge in [-0.05, 0) is 273 Å². The summed E-state index contributed by atoms with van der Waals surface area (Å²) in [5.74, 6) is 0. The quantitative estimate of drug-likeness (QED) is 0.142. The van der Waals surface area contributed by atoms with Crippen LogP contribution in [0.3, 0.4) is 0 Å². The molecule has 6 aliphatic carbocycles. The van der Waals surface area contributed by atoms with Crippen molar-refractivity contribution in [1.82, 2.24) is 28.2 Å². The Balaban J connectivity index is 0.000000184. The van der Waals surface area contributed by atoms with Crippen LogP contribution < -0.4 is 0 Å². The average Bonchev–Trinajstić information content (AvgIpc) is 1.56. The number of rotatable bonds is 0. The lowest BCUT2D eigenvalue weighted by Crippen LogP contribution is -1.95. The molecule has 27 rings (SSSR count). The number of nitrogens with zero attached hydrogens (tertiary/aromatic N) is 6. The largest absolute Gasteiger partial charge is 0.292 e. The molecule has 0 unspecified atom stereocenters. The van der Waals surface area contributed by atoms with Gasteiger partial charge in [0.25, 0.3) is 0 Å². The van der Waals surface area contributed by atoms with Gasteiger partial charge in [-0.2, -0.15) is 0 Å². The summed E-state index contributed by atoms with van der Waals surface area (Å²) in [6, 6.07) is 108. The molecule has 21 aromatic rings. The maximum atomic E-state index is 5.24. The summed E-state index contributed by atoms with van der Waals surface area (Å²) in [6.45, 7) is 60.0. The molecule has 6 aliphatic rings. The molecule has 6 aromatic heterocycles. The van der Waals surface area contributed by atoms with Gasteiger partial charge in [-0.3, -0.25) is 13.2 Å². The van der Waals surface area contributed by atoms with Gasteiger partial charge < -0.3 is 0 Å². The second-order valence-corrected chi connectivity index (χ2v) is 30.0. The summed E-state index contributed by atoms with van der Waals surface area (Å²) < 4.78 is 7.22. The highest BCUT2D eigenvalue weighted by Gasteiger charge is 2.31. The molecular formula is C129H150N6. The van der Waals surface area contributed by atoms with Gasteiger partial charge in [0.2, 0.25) is 0 Å². The van der Waals surface area contributed by atoms with E-state index in [9.17, 15) is 0 Å². The van der Waals surface area contributed by atoms with Crippen LogP contribution in [0.4, 0.5) is 0 Å². The summed E-state index contributed by atoms with van der Waals surface area (Å²) in [7, 11) is 0. The van der Waals surface area contributed by atoms with E-state index in [1.54, 1.807) is 0 Å². The monoisotopic (exact) mass is 1780 g/mol. The number of pyridine rings is 3. The zero-order chi connectivity index (χ0) is 98.0. The third kappa shape index (κ3) is 18.4. The molecule has 15 aromatic carbocycles. The molecule has 0 amide bonds. The molecular weight excluding hydrogens is 1630 g/mol. The molecule has 0 saturated heterocycles. The van der Waals surface area contributed by atoms with E-state index in [0.29, 0.717) is 0 Å². The molecule has 0 spiro atoms. The van der Waals surface area contributed by atoms with Crippen LogP contribution in [-0.4, -0.2) is 28.2 Å². The van der Waals surface area contributed by atoms with Crippen molar-refractivity contribution in [2.24, 2.45) is 0 Å². The molecule has 0 fully saturated rings. The lowest BCUT2D eigenvalue weighted by atomic mass is 9.94. The number of para-hydroxylation sites is 6. The minimum Gasteiger partial charge on any atom is -0.292 e. The van der Waals surface area contributed by atoms with Gasteiger partial charge >= 0.3 is 0 Å². The Morgan fingerprint density at radius 2 is 0.385 bits per heavy atom. The minimum atomic E-state index is 0.990. The first-order valence-electron chi connectivity index (χ1n) is 52.0. The average molecular weight is 1780 g/mol. The van der Waals surface area contributed by atoms with E-state index < -0.39 is 0 Å². The Morgan fingerprint density at radius 1 is 0.156 bits per heavy atom. The minimum absolute atomic E-state index is 0.990. The first kappa shape index (κ1) is 104. The highest BCUT2D eigenvalue weighted by molar-refractivity contribution is 6.23. The Labute approximate surface area is 808 Å². The Morgan fingerprint density at radius 3 is 0.726 bits per heavy atom. The zero-order valence-corrected chi connectivity index (χ0v) is 87.1. The van der Waals surface area contributed by atoms with Crippen molar-refractivity contribution >= 4 is 115 Å². The van der Waals surface area contributed by atoms with Crippen molar-refractivity contribution in [3.05, 3.63) is 358 Å². The molecule has 0 atom stereocenters. The van der Waals surface area contributed by atoms with Gasteiger partial charge in [-0.25, -0.2) is 15.0 Å². The SMILES string of the molecule is CC.CC.CC.CC.CC.CC.CC.CC.CC.CC.CC.CC.CC.CC.CC.c1ccc2c(c1)Cc1cc3c(cc1-2)c1cc2c(cc1c1nc4ccccc4n31)-c1ccccc1C2.c1ccc2c(c1)Cc1cc3c(cc1-2)c1ccc2c(c1c1nc4ccccc4n31)-c1ccccc1C2.c1ccc2c(c1)Cc1cc3c4ccc5c(c4c4nc6ccccc6n4c3cc1-2)-c1ccccc1C5. The Hall–Kier alpha value is -13.3. The molecule has 696 valence electrons. The zero-order valence-electron chi connectivity index (χ0n) is 87.1. The van der Waals surface area contributed by atoms with E-state index in [4.69, 9.17) is 15.0 Å². The van der Waals surface area contributed by atoms with Gasteiger partial charge in [0.15, 0.2) is 0 Å². The lowest BCUT2D eigenvalue weighted by molar-refractivity contribution is 1.25. The predicted molar refractivity (Wildman–Crippen MR) is 603 cm³/mol. The van der Waals surface area contributed by atoms with Crippen LogP contribution in [0.25, 0.3) is 182 Å². The third-order valence-corrected chi connectivity index (χ3v) is 24.5. The van der Waals surface area contributed by atoms with Crippen LogP contribution >= 0.6 is 0 Å². The van der Waals surface area contributed by atoms with Crippen LogP contribution in [-0.2, 0) is 38.5 Å². The van der Waals surface area contributed by atoms with Crippen LogP contribution in [0.1, 0.15) is 274 Å². The van der Waals surface area contributed by atoms with Crippen molar-refractivity contribution in [1.29, 1.82) is 0 Å². The third-order valence-electron chi connectivity index (χ3n) is 24.5. The molecule has 0 radical (unpaired) electrons. The summed E-state index contributed by atoms with van der Waals surface area (Å²) in [5.41, 5.74) is 46.9. The number of benzene rings is 15. The van der Waals surface area contributed by atoms with Crippen LogP contribution in [0.5, 0.6) is 0 Å². The van der Waals surface area contributed by atoms with Crippen molar-refractivity contribution in [3.63, 3.8) is 0 Å². The highest BCUT2D eigenvalue weighted by atomic mass is 15.0. The van der Waals surface area contributed by atoms with Crippen LogP contribution in [0.15, 0.2) is 291 Å². The van der Waals surface area contributed by atoms with Crippen molar-refractivity contribution in [2.45, 2.75) is 246 Å². The second kappa shape index (κ2) is 49.1. The standard InChI is InChI=1S/3C33H20N2.15C2H6/c1-4-10-24-19(7-1)13-21-15-27-28-17-25-22(14-20-8-2-3-9-23(20)25)16-32(28)35-31-12-6-5-11-30(31)34-33(35)29(27)18-26(21)24;1-3-9-23-19(7-1)16-22-17-30-27(18-26(22)23)25-14-13-21-15-20-8-2-4-10-24(20)31(21)32(25)33-34-28-11-5-6-12-29(28)35(30)33;1-3-9-23-19(7-1)16-22-17-27-25-14-13-21-15-20-8-2-4-10-24(20)31(21)32(25)33-34-28-11-5-6-12-29(28)35(33)30(27)18-26(22)23;15*1-2/h1-12,15-18H,13-14H2;2*1-14,17-18H,15-16H2;15*1-2H3. The summed E-state index contributed by atoms with van der Waals surface area (Å²) in [5, 5.41) is 11.6. The normalized spacial score (nSPS) is 11.2. The topological polar surface area (TPSA) is 51.9 Å². The first-order valence-corrected chi connectivity index (χ1v) is 52.0. The molecule has 0 saturated carbocycles. The summed E-state index contributed by atoms with van der Waals surface area (Å²) >= 11 is 0. The van der Waals surface area contributed by atoms with E-state index >= 15 is 0 Å². The molecule has 6 heteroatoms. The lowest BCUT2D eigenvalue weighted by Gasteiger charge is -2.15. The predicted octanol–water partition coefficient (Wildman–Crippen LogP) is 39.2. The maximum absolute atomic E-state index is 5.24. The van der Waals surface area contributed by atoms with Gasteiger partial charge in [-0.1, -0.05) is 414 Å². The molecule has 6 heterocycles. The molecule has 6 nitrogen and oxygen atoms in total. The first-order chi connectivity index (χ1) is 67.0. The fraction of sp³-hybridized carbons (Fsp3) is 0.279. The number of hydrogen-bond acceptors (Lipinski definition) is 3. The van der Waals surface area contributed by atoms with Gasteiger partial charge in [0.1, 0.15) is 16.9 Å². The molecule has 0 bridgehead atoms. The van der Waals surface area contributed by atoms with Crippen LogP contribution in [0, 0.1) is 0 Å². The fourth-order valence-corrected chi connectivity index (χ4v) is 20.0. The maximum Gasteiger partial charge on any atom is 0.147 e.